The summed E-state index contributed by atoms with van der Waals surface area (Å²) in [7, 11) is 0. The van der Waals surface area contributed by atoms with Crippen molar-refractivity contribution < 1.29 is 9.18 Å². The minimum Gasteiger partial charge on any atom is -0.369 e. The second-order valence-corrected chi connectivity index (χ2v) is 1.76. The Labute approximate surface area is 40.5 Å². The quantitative estimate of drug-likeness (QED) is 0.492. The summed E-state index contributed by atoms with van der Waals surface area (Å²) in [5, 5.41) is 0. The molecule has 2 atom stereocenters. The monoisotopic (exact) mass is 103 g/mol. The molecule has 1 saturated carbocycles. The first-order chi connectivity index (χ1) is 3.22. The van der Waals surface area contributed by atoms with E-state index in [9.17, 15) is 9.18 Å². The van der Waals surface area contributed by atoms with E-state index in [1.54, 1.807) is 0 Å². The van der Waals surface area contributed by atoms with E-state index in [0.29, 0.717) is 6.42 Å². The van der Waals surface area contributed by atoms with E-state index in [2.05, 4.69) is 0 Å². The predicted octanol–water partition coefficient (Wildman–Crippen LogP) is -0.170. The molecule has 7 heavy (non-hydrogen) atoms. The largest absolute Gasteiger partial charge is 0.369 e. The van der Waals surface area contributed by atoms with Crippen LogP contribution in [0.2, 0.25) is 0 Å². The lowest BCUT2D eigenvalue weighted by molar-refractivity contribution is -0.119. The molecule has 3 heteroatoms. The van der Waals surface area contributed by atoms with E-state index in [0.717, 1.165) is 0 Å². The Hall–Kier alpha value is -0.600. The minimum absolute atomic E-state index is 0.343. The first kappa shape index (κ1) is 4.56. The third-order valence-electron chi connectivity index (χ3n) is 1.08. The zero-order valence-electron chi connectivity index (χ0n) is 3.73. The molecule has 1 amide bonds. The van der Waals surface area contributed by atoms with E-state index in [4.69, 9.17) is 5.73 Å². The van der Waals surface area contributed by atoms with Crippen LogP contribution in [0.1, 0.15) is 6.42 Å². The fourth-order valence-electron chi connectivity index (χ4n) is 0.458. The van der Waals surface area contributed by atoms with Crippen LogP contribution in [-0.2, 0) is 4.79 Å². The average Bonchev–Trinajstić information content (AvgIpc) is 2.17. The molecule has 1 fully saturated rings. The van der Waals surface area contributed by atoms with Crippen LogP contribution in [0, 0.1) is 5.92 Å². The molecule has 1 rings (SSSR count). The molecule has 2 N–H and O–H groups in total. The lowest BCUT2D eigenvalue weighted by atomic mass is 10.4. The molecule has 0 spiro atoms. The summed E-state index contributed by atoms with van der Waals surface area (Å²) in [6.45, 7) is 0. The van der Waals surface area contributed by atoms with E-state index < -0.39 is 18.0 Å². The fourth-order valence-corrected chi connectivity index (χ4v) is 0.458. The van der Waals surface area contributed by atoms with Crippen LogP contribution in [0.4, 0.5) is 4.39 Å². The molecule has 1 aliphatic rings. The number of carbonyl (C=O) groups excluding carboxylic acids is 1. The van der Waals surface area contributed by atoms with Crippen LogP contribution in [0.15, 0.2) is 0 Å². The highest BCUT2D eigenvalue weighted by molar-refractivity contribution is 5.80. The van der Waals surface area contributed by atoms with E-state index >= 15 is 0 Å². The highest BCUT2D eigenvalue weighted by atomic mass is 19.1. The topological polar surface area (TPSA) is 43.1 Å². The van der Waals surface area contributed by atoms with Gasteiger partial charge >= 0.3 is 0 Å². The lowest BCUT2D eigenvalue weighted by Gasteiger charge is -1.79. The van der Waals surface area contributed by atoms with E-state index in [-0.39, 0.29) is 0 Å². The number of hydrogen-bond acceptors (Lipinski definition) is 1. The van der Waals surface area contributed by atoms with E-state index in [1.807, 2.05) is 0 Å². The van der Waals surface area contributed by atoms with Crippen LogP contribution in [0.3, 0.4) is 0 Å². The van der Waals surface area contributed by atoms with Gasteiger partial charge < -0.3 is 5.73 Å². The van der Waals surface area contributed by atoms with Gasteiger partial charge in [0.25, 0.3) is 0 Å². The summed E-state index contributed by atoms with van der Waals surface area (Å²) in [6.07, 6.45) is -0.590. The molecule has 0 radical (unpaired) electrons. The molecule has 40 valence electrons. The van der Waals surface area contributed by atoms with Crippen molar-refractivity contribution in [3.8, 4) is 0 Å². The van der Waals surface area contributed by atoms with Gasteiger partial charge in [-0.05, 0) is 6.42 Å². The van der Waals surface area contributed by atoms with Gasteiger partial charge in [0.2, 0.25) is 5.91 Å². The van der Waals surface area contributed by atoms with Gasteiger partial charge in [-0.2, -0.15) is 0 Å². The first-order valence-corrected chi connectivity index (χ1v) is 2.15. The Morgan fingerprint density at radius 3 is 2.29 bits per heavy atom. The second-order valence-electron chi connectivity index (χ2n) is 1.76. The van der Waals surface area contributed by atoms with Crippen LogP contribution >= 0.6 is 0 Å². The molecular formula is C4H6FNO. The number of primary amides is 1. The molecule has 0 unspecified atom stereocenters. The van der Waals surface area contributed by atoms with Gasteiger partial charge in [-0.25, -0.2) is 4.39 Å². The number of nitrogens with two attached hydrogens (primary N) is 1. The Morgan fingerprint density at radius 1 is 1.86 bits per heavy atom. The van der Waals surface area contributed by atoms with Crippen LogP contribution in [0.25, 0.3) is 0 Å². The summed E-state index contributed by atoms with van der Waals surface area (Å²) < 4.78 is 11.7. The number of hydrogen-bond donors (Lipinski definition) is 1. The molecule has 0 saturated heterocycles. The third-order valence-corrected chi connectivity index (χ3v) is 1.08. The van der Waals surface area contributed by atoms with Gasteiger partial charge in [-0.15, -0.1) is 0 Å². The highest BCUT2D eigenvalue weighted by Crippen LogP contribution is 2.32. The van der Waals surface area contributed by atoms with Gasteiger partial charge in [-0.3, -0.25) is 4.79 Å². The number of carbonyl (C=O) groups is 1. The SMILES string of the molecule is NC(=O)[C@H]1C[C@@H]1F. The summed E-state index contributed by atoms with van der Waals surface area (Å²) in [5.41, 5.74) is 4.71. The molecule has 2 nitrogen and oxygen atoms in total. The van der Waals surface area contributed by atoms with Crippen molar-refractivity contribution in [3.05, 3.63) is 0 Å². The number of halogens is 1. The van der Waals surface area contributed by atoms with Crippen molar-refractivity contribution in [3.63, 3.8) is 0 Å². The molecule has 0 bridgehead atoms. The molecular weight excluding hydrogens is 97.0 g/mol. The van der Waals surface area contributed by atoms with Gasteiger partial charge in [0, 0.05) is 0 Å². The van der Waals surface area contributed by atoms with Crippen molar-refractivity contribution >= 4 is 5.91 Å². The maximum absolute atomic E-state index is 11.7. The highest BCUT2D eigenvalue weighted by Gasteiger charge is 2.42. The minimum atomic E-state index is -0.933. The summed E-state index contributed by atoms with van der Waals surface area (Å²) in [4.78, 5) is 9.95. The van der Waals surface area contributed by atoms with Gasteiger partial charge in [0.1, 0.15) is 6.17 Å². The van der Waals surface area contributed by atoms with Crippen molar-refractivity contribution in [2.75, 3.05) is 0 Å². The van der Waals surface area contributed by atoms with E-state index in [1.165, 1.54) is 0 Å². The third kappa shape index (κ3) is 0.706. The molecule has 0 aromatic rings. The fraction of sp³-hybridized carbons (Fsp3) is 0.750. The zero-order chi connectivity index (χ0) is 5.44. The summed E-state index contributed by atoms with van der Waals surface area (Å²) >= 11 is 0. The Balaban J connectivity index is 2.33. The van der Waals surface area contributed by atoms with Gasteiger partial charge in [0.05, 0.1) is 5.92 Å². The Bertz CT molecular complexity index is 104. The van der Waals surface area contributed by atoms with Crippen molar-refractivity contribution in [1.29, 1.82) is 0 Å². The number of rotatable bonds is 1. The number of alkyl halides is 1. The van der Waals surface area contributed by atoms with Crippen molar-refractivity contribution in [2.45, 2.75) is 12.6 Å². The van der Waals surface area contributed by atoms with Crippen molar-refractivity contribution in [2.24, 2.45) is 11.7 Å². The molecule has 0 aromatic heterocycles. The molecule has 0 aromatic carbocycles. The molecule has 0 aliphatic heterocycles. The normalized spacial score (nSPS) is 37.9. The van der Waals surface area contributed by atoms with Crippen LogP contribution in [-0.4, -0.2) is 12.1 Å². The maximum atomic E-state index is 11.7. The number of amides is 1. The average molecular weight is 103 g/mol. The summed E-state index contributed by atoms with van der Waals surface area (Å²) in [6, 6.07) is 0. The lowest BCUT2D eigenvalue weighted by Crippen LogP contribution is -2.13. The van der Waals surface area contributed by atoms with Gasteiger partial charge in [0.15, 0.2) is 0 Å². The second kappa shape index (κ2) is 1.18. The summed E-state index contributed by atoms with van der Waals surface area (Å²) in [5.74, 6) is -0.965. The van der Waals surface area contributed by atoms with Gasteiger partial charge in [-0.1, -0.05) is 0 Å². The molecule has 1 aliphatic carbocycles. The first-order valence-electron chi connectivity index (χ1n) is 2.15. The Kier molecular flexibility index (Phi) is 0.770. The van der Waals surface area contributed by atoms with Crippen molar-refractivity contribution in [1.82, 2.24) is 0 Å². The molecule has 0 heterocycles. The zero-order valence-corrected chi connectivity index (χ0v) is 3.73. The Morgan fingerprint density at radius 2 is 2.29 bits per heavy atom. The van der Waals surface area contributed by atoms with Crippen LogP contribution in [0.5, 0.6) is 0 Å². The smallest absolute Gasteiger partial charge is 0.223 e. The van der Waals surface area contributed by atoms with Crippen LogP contribution < -0.4 is 5.73 Å². The standard InChI is InChI=1S/C4H6FNO/c5-3-1-2(3)4(6)7/h2-3H,1H2,(H2,6,7)/t2-,3-/m0/s1. The predicted molar refractivity (Wildman–Crippen MR) is 22.2 cm³/mol. The maximum Gasteiger partial charge on any atom is 0.223 e.